The first-order valence-electron chi connectivity index (χ1n) is 6.86. The van der Waals surface area contributed by atoms with Crippen molar-refractivity contribution >= 4 is 11.9 Å². The molecule has 0 heterocycles. The van der Waals surface area contributed by atoms with Crippen molar-refractivity contribution in [2.24, 2.45) is 0 Å². The fourth-order valence-electron chi connectivity index (χ4n) is 1.69. The van der Waals surface area contributed by atoms with Crippen LogP contribution in [0.1, 0.15) is 26.2 Å². The largest absolute Gasteiger partial charge is 0.479 e. The predicted molar refractivity (Wildman–Crippen MR) is 73.3 cm³/mol. The third-order valence-electron chi connectivity index (χ3n) is 2.94. The molecule has 0 saturated heterocycles. The standard InChI is InChI=1S/C15H19NO4/c1-2-13(20-12-6-4-3-5-7-12)15(18)19-10-14(17)16-11-8-9-11/h3-7,11,13H,2,8-10H2,1H3,(H,16,17)/t13-/m1/s1. The molecule has 1 aliphatic carbocycles. The number of ether oxygens (including phenoxy) is 2. The van der Waals surface area contributed by atoms with E-state index in [9.17, 15) is 9.59 Å². The van der Waals surface area contributed by atoms with Crippen molar-refractivity contribution in [3.05, 3.63) is 30.3 Å². The summed E-state index contributed by atoms with van der Waals surface area (Å²) in [5.41, 5.74) is 0. The third-order valence-corrected chi connectivity index (χ3v) is 2.94. The van der Waals surface area contributed by atoms with Crippen molar-refractivity contribution in [3.63, 3.8) is 0 Å². The molecule has 1 atom stereocenters. The minimum absolute atomic E-state index is 0.246. The fraction of sp³-hybridized carbons (Fsp3) is 0.467. The molecule has 1 aliphatic rings. The van der Waals surface area contributed by atoms with Crippen molar-refractivity contribution in [1.29, 1.82) is 0 Å². The van der Waals surface area contributed by atoms with Gasteiger partial charge in [-0.05, 0) is 31.4 Å². The van der Waals surface area contributed by atoms with Crippen molar-refractivity contribution < 1.29 is 19.1 Å². The molecule has 0 bridgehead atoms. The second-order valence-corrected chi connectivity index (χ2v) is 4.78. The fourth-order valence-corrected chi connectivity index (χ4v) is 1.69. The molecular formula is C15H19NO4. The van der Waals surface area contributed by atoms with E-state index in [0.29, 0.717) is 12.2 Å². The van der Waals surface area contributed by atoms with E-state index < -0.39 is 12.1 Å². The van der Waals surface area contributed by atoms with Crippen LogP contribution in [-0.2, 0) is 14.3 Å². The molecule has 0 aliphatic heterocycles. The quantitative estimate of drug-likeness (QED) is 0.770. The molecule has 5 heteroatoms. The maximum absolute atomic E-state index is 11.9. The van der Waals surface area contributed by atoms with E-state index in [1.807, 2.05) is 25.1 Å². The Kier molecular flexibility index (Phi) is 4.98. The van der Waals surface area contributed by atoms with Crippen LogP contribution in [0.4, 0.5) is 0 Å². The number of hydrogen-bond donors (Lipinski definition) is 1. The van der Waals surface area contributed by atoms with Gasteiger partial charge in [0, 0.05) is 6.04 Å². The number of benzene rings is 1. The zero-order valence-electron chi connectivity index (χ0n) is 11.5. The van der Waals surface area contributed by atoms with Crippen LogP contribution in [0.25, 0.3) is 0 Å². The molecule has 1 N–H and O–H groups in total. The number of esters is 1. The van der Waals surface area contributed by atoms with Gasteiger partial charge in [0.15, 0.2) is 12.7 Å². The minimum atomic E-state index is -0.689. The van der Waals surface area contributed by atoms with E-state index in [4.69, 9.17) is 9.47 Å². The summed E-state index contributed by atoms with van der Waals surface area (Å²) >= 11 is 0. The summed E-state index contributed by atoms with van der Waals surface area (Å²) in [4.78, 5) is 23.3. The number of rotatable bonds is 7. The van der Waals surface area contributed by atoms with Crippen LogP contribution < -0.4 is 10.1 Å². The molecule has 5 nitrogen and oxygen atoms in total. The van der Waals surface area contributed by atoms with Crippen LogP contribution in [0.15, 0.2) is 30.3 Å². The Balaban J connectivity index is 1.77. The van der Waals surface area contributed by atoms with Crippen molar-refractivity contribution in [1.82, 2.24) is 5.32 Å². The molecule has 1 aromatic rings. The van der Waals surface area contributed by atoms with E-state index in [0.717, 1.165) is 12.8 Å². The van der Waals surface area contributed by atoms with Crippen LogP contribution in [0.3, 0.4) is 0 Å². The Morgan fingerprint density at radius 3 is 2.60 bits per heavy atom. The summed E-state index contributed by atoms with van der Waals surface area (Å²) in [7, 11) is 0. The zero-order chi connectivity index (χ0) is 14.4. The molecule has 0 radical (unpaired) electrons. The van der Waals surface area contributed by atoms with Gasteiger partial charge in [0.2, 0.25) is 0 Å². The third kappa shape index (κ3) is 4.57. The molecule has 1 saturated carbocycles. The highest BCUT2D eigenvalue weighted by molar-refractivity contribution is 5.82. The number of hydrogen-bond acceptors (Lipinski definition) is 4. The van der Waals surface area contributed by atoms with Crippen LogP contribution >= 0.6 is 0 Å². The van der Waals surface area contributed by atoms with E-state index in [-0.39, 0.29) is 18.6 Å². The molecule has 2 rings (SSSR count). The Hall–Kier alpha value is -2.04. The molecule has 0 spiro atoms. The van der Waals surface area contributed by atoms with E-state index in [1.165, 1.54) is 0 Å². The van der Waals surface area contributed by atoms with E-state index >= 15 is 0 Å². The lowest BCUT2D eigenvalue weighted by Crippen LogP contribution is -2.34. The Morgan fingerprint density at radius 1 is 1.30 bits per heavy atom. The molecule has 108 valence electrons. The predicted octanol–water partition coefficient (Wildman–Crippen LogP) is 1.67. The van der Waals surface area contributed by atoms with Gasteiger partial charge < -0.3 is 14.8 Å². The maximum atomic E-state index is 11.9. The SMILES string of the molecule is CC[C@@H](Oc1ccccc1)C(=O)OCC(=O)NC1CC1. The van der Waals surface area contributed by atoms with Gasteiger partial charge in [-0.15, -0.1) is 0 Å². The van der Waals surface area contributed by atoms with Crippen molar-refractivity contribution in [2.75, 3.05) is 6.61 Å². The number of carbonyl (C=O) groups is 2. The van der Waals surface area contributed by atoms with Gasteiger partial charge in [-0.1, -0.05) is 25.1 Å². The molecule has 20 heavy (non-hydrogen) atoms. The topological polar surface area (TPSA) is 64.6 Å². The van der Waals surface area contributed by atoms with Crippen LogP contribution in [0.5, 0.6) is 5.75 Å². The second kappa shape index (κ2) is 6.93. The zero-order valence-corrected chi connectivity index (χ0v) is 11.5. The van der Waals surface area contributed by atoms with Crippen molar-refractivity contribution in [2.45, 2.75) is 38.3 Å². The smallest absolute Gasteiger partial charge is 0.347 e. The molecule has 1 aromatic carbocycles. The summed E-state index contributed by atoms with van der Waals surface area (Å²) in [5, 5.41) is 2.76. The summed E-state index contributed by atoms with van der Waals surface area (Å²) in [6, 6.07) is 9.34. The number of nitrogens with one attached hydrogen (secondary N) is 1. The minimum Gasteiger partial charge on any atom is -0.479 e. The van der Waals surface area contributed by atoms with Crippen LogP contribution in [0.2, 0.25) is 0 Å². The highest BCUT2D eigenvalue weighted by Gasteiger charge is 2.25. The summed E-state index contributed by atoms with van der Waals surface area (Å²) < 4.78 is 10.5. The Bertz CT molecular complexity index is 456. The highest BCUT2D eigenvalue weighted by Crippen LogP contribution is 2.18. The first-order valence-corrected chi connectivity index (χ1v) is 6.86. The first kappa shape index (κ1) is 14.4. The average molecular weight is 277 g/mol. The average Bonchev–Trinajstić information content (AvgIpc) is 3.27. The normalized spacial score (nSPS) is 15.2. The number of amides is 1. The summed E-state index contributed by atoms with van der Waals surface area (Å²) in [6.45, 7) is 1.59. The number of carbonyl (C=O) groups excluding carboxylic acids is 2. The van der Waals surface area contributed by atoms with E-state index in [2.05, 4.69) is 5.32 Å². The monoisotopic (exact) mass is 277 g/mol. The lowest BCUT2D eigenvalue weighted by molar-refractivity contribution is -0.155. The molecule has 0 aromatic heterocycles. The first-order chi connectivity index (χ1) is 9.69. The van der Waals surface area contributed by atoms with Crippen molar-refractivity contribution in [3.8, 4) is 5.75 Å². The lowest BCUT2D eigenvalue weighted by Gasteiger charge is -2.16. The van der Waals surface area contributed by atoms with Gasteiger partial charge in [-0.25, -0.2) is 4.79 Å². The summed E-state index contributed by atoms with van der Waals surface area (Å²) in [6.07, 6.45) is 1.81. The van der Waals surface area contributed by atoms with Gasteiger partial charge in [0.25, 0.3) is 5.91 Å². The Morgan fingerprint density at radius 2 is 2.00 bits per heavy atom. The molecule has 0 unspecified atom stereocenters. The molecule has 1 fully saturated rings. The van der Waals surface area contributed by atoms with Crippen LogP contribution in [-0.4, -0.2) is 30.6 Å². The molecule has 1 amide bonds. The maximum Gasteiger partial charge on any atom is 0.347 e. The Labute approximate surface area is 118 Å². The van der Waals surface area contributed by atoms with E-state index in [1.54, 1.807) is 12.1 Å². The van der Waals surface area contributed by atoms with Gasteiger partial charge >= 0.3 is 5.97 Å². The van der Waals surface area contributed by atoms with Gasteiger partial charge in [0.05, 0.1) is 0 Å². The van der Waals surface area contributed by atoms with Gasteiger partial charge in [-0.3, -0.25) is 4.79 Å². The van der Waals surface area contributed by atoms with Crippen LogP contribution in [0, 0.1) is 0 Å². The summed E-state index contributed by atoms with van der Waals surface area (Å²) in [5.74, 6) is -0.156. The number of para-hydroxylation sites is 1. The van der Waals surface area contributed by atoms with Gasteiger partial charge in [0.1, 0.15) is 5.75 Å². The highest BCUT2D eigenvalue weighted by atomic mass is 16.6. The second-order valence-electron chi connectivity index (χ2n) is 4.78. The molecular weight excluding hydrogens is 258 g/mol. The lowest BCUT2D eigenvalue weighted by atomic mass is 10.2. The van der Waals surface area contributed by atoms with Gasteiger partial charge in [-0.2, -0.15) is 0 Å².